The number of benzene rings is 3. The van der Waals surface area contributed by atoms with Crippen molar-refractivity contribution < 1.29 is 28.7 Å². The van der Waals surface area contributed by atoms with Gasteiger partial charge in [-0.05, 0) is 35.4 Å². The second-order valence-electron chi connectivity index (χ2n) is 8.75. The fourth-order valence-corrected chi connectivity index (χ4v) is 4.91. The van der Waals surface area contributed by atoms with Crippen LogP contribution in [0.2, 0.25) is 0 Å². The highest BCUT2D eigenvalue weighted by Gasteiger charge is 2.63. The molecule has 3 aromatic carbocycles. The van der Waals surface area contributed by atoms with Crippen LogP contribution in [-0.4, -0.2) is 57.5 Å². The second-order valence-corrected chi connectivity index (χ2v) is 9.56. The molecule has 3 atom stereocenters. The van der Waals surface area contributed by atoms with Gasteiger partial charge in [-0.15, -0.1) is 23.2 Å². The Morgan fingerprint density at radius 1 is 0.789 bits per heavy atom. The first kappa shape index (κ1) is 25.8. The summed E-state index contributed by atoms with van der Waals surface area (Å²) in [6.07, 6.45) is 0. The molecule has 0 bridgehead atoms. The van der Waals surface area contributed by atoms with E-state index in [0.29, 0.717) is 12.4 Å². The van der Waals surface area contributed by atoms with Gasteiger partial charge in [-0.2, -0.15) is 0 Å². The predicted molar refractivity (Wildman–Crippen MR) is 139 cm³/mol. The van der Waals surface area contributed by atoms with Gasteiger partial charge in [0.15, 0.2) is 12.1 Å². The molecule has 8 nitrogen and oxygen atoms in total. The lowest BCUT2D eigenvalue weighted by Gasteiger charge is -2.53. The number of nitrogens with zero attached hydrogens (tertiary/aromatic N) is 2. The van der Waals surface area contributed by atoms with Crippen LogP contribution < -0.4 is 4.74 Å². The number of amides is 3. The zero-order chi connectivity index (χ0) is 26.8. The molecular weight excluding hydrogens is 531 g/mol. The number of ether oxygens (including phenoxy) is 2. The van der Waals surface area contributed by atoms with Crippen molar-refractivity contribution in [2.75, 3.05) is 11.9 Å². The van der Waals surface area contributed by atoms with Crippen LogP contribution in [0.4, 0.5) is 0 Å². The van der Waals surface area contributed by atoms with Crippen LogP contribution in [0.3, 0.4) is 0 Å². The number of imide groups is 1. The Morgan fingerprint density at radius 2 is 1.37 bits per heavy atom. The molecule has 10 heteroatoms. The van der Waals surface area contributed by atoms with Crippen LogP contribution in [0.15, 0.2) is 78.9 Å². The molecule has 0 aliphatic carbocycles. The van der Waals surface area contributed by atoms with Crippen LogP contribution in [0.1, 0.15) is 37.9 Å². The monoisotopic (exact) mass is 552 g/mol. The molecule has 3 amide bonds. The Bertz CT molecular complexity index is 1350. The number of hydrogen-bond donors (Lipinski definition) is 0. The number of rotatable bonds is 5. The Labute approximate surface area is 228 Å². The molecule has 3 heterocycles. The van der Waals surface area contributed by atoms with Gasteiger partial charge in [0, 0.05) is 0 Å². The number of hydrogen-bond acceptors (Lipinski definition) is 6. The summed E-state index contributed by atoms with van der Waals surface area (Å²) in [5.74, 6) is -1.54. The van der Waals surface area contributed by atoms with Gasteiger partial charge in [0.1, 0.15) is 19.0 Å². The van der Waals surface area contributed by atoms with Crippen molar-refractivity contribution in [3.63, 3.8) is 0 Å². The van der Waals surface area contributed by atoms with E-state index in [0.717, 1.165) is 16.0 Å². The number of halogens is 2. The maximum absolute atomic E-state index is 13.2. The molecule has 2 fully saturated rings. The van der Waals surface area contributed by atoms with E-state index in [1.165, 1.54) is 4.90 Å². The number of esters is 1. The van der Waals surface area contributed by atoms with Crippen molar-refractivity contribution in [1.29, 1.82) is 0 Å². The lowest BCUT2D eigenvalue weighted by molar-refractivity contribution is -0.191. The first-order valence-corrected chi connectivity index (χ1v) is 12.9. The van der Waals surface area contributed by atoms with Gasteiger partial charge < -0.3 is 14.4 Å². The summed E-state index contributed by atoms with van der Waals surface area (Å²) in [5, 5.41) is 0.194. The largest absolute Gasteiger partial charge is 0.489 e. The van der Waals surface area contributed by atoms with Gasteiger partial charge in [0.2, 0.25) is 5.91 Å². The highest BCUT2D eigenvalue weighted by atomic mass is 35.5. The maximum atomic E-state index is 13.2. The lowest BCUT2D eigenvalue weighted by Crippen LogP contribution is -2.76. The zero-order valence-corrected chi connectivity index (χ0v) is 21.5. The Balaban J connectivity index is 0.000000937. The SMILES string of the molecule is ClCCl.O=C1OC[C@@H](c2ccc(OCc3ccccc3)cc2)N2C(=O)[C@H](N3C(=O)c4ccccc4C3=O)[C@H]12. The van der Waals surface area contributed by atoms with E-state index in [1.807, 2.05) is 42.5 Å². The molecule has 2 saturated heterocycles. The fourth-order valence-electron chi connectivity index (χ4n) is 4.91. The number of morpholine rings is 1. The molecule has 3 aliphatic heterocycles. The molecule has 0 radical (unpaired) electrons. The minimum absolute atomic E-state index is 0.000130. The lowest BCUT2D eigenvalue weighted by atomic mass is 9.87. The van der Waals surface area contributed by atoms with E-state index in [2.05, 4.69) is 0 Å². The molecule has 3 aliphatic rings. The van der Waals surface area contributed by atoms with Crippen LogP contribution in [0.25, 0.3) is 0 Å². The van der Waals surface area contributed by atoms with Gasteiger partial charge in [-0.1, -0.05) is 54.6 Å². The van der Waals surface area contributed by atoms with Gasteiger partial charge in [0.25, 0.3) is 11.8 Å². The van der Waals surface area contributed by atoms with E-state index < -0.39 is 41.8 Å². The Hall–Kier alpha value is -3.88. The number of carbonyl (C=O) groups excluding carboxylic acids is 4. The van der Waals surface area contributed by atoms with Crippen molar-refractivity contribution in [3.8, 4) is 5.75 Å². The number of carbonyl (C=O) groups is 4. The van der Waals surface area contributed by atoms with Gasteiger partial charge in [0.05, 0.1) is 22.5 Å². The van der Waals surface area contributed by atoms with Crippen LogP contribution in [0, 0.1) is 0 Å². The number of fused-ring (bicyclic) bond motifs is 2. The number of β-lactam (4-membered cyclic amide) rings is 1. The normalized spacial score (nSPS) is 21.6. The Kier molecular flexibility index (Phi) is 7.35. The zero-order valence-electron chi connectivity index (χ0n) is 20.0. The van der Waals surface area contributed by atoms with Crippen molar-refractivity contribution in [2.45, 2.75) is 24.7 Å². The molecule has 6 rings (SSSR count). The minimum atomic E-state index is -1.20. The smallest absolute Gasteiger partial charge is 0.331 e. The van der Waals surface area contributed by atoms with E-state index in [9.17, 15) is 19.2 Å². The maximum Gasteiger partial charge on any atom is 0.331 e. The highest BCUT2D eigenvalue weighted by molar-refractivity contribution is 6.40. The molecule has 3 aromatic rings. The van der Waals surface area contributed by atoms with E-state index in [-0.39, 0.29) is 23.1 Å². The van der Waals surface area contributed by atoms with Crippen molar-refractivity contribution in [2.24, 2.45) is 0 Å². The summed E-state index contributed by atoms with van der Waals surface area (Å²) in [7, 11) is 0. The molecule has 0 N–H and O–H groups in total. The van der Waals surface area contributed by atoms with Crippen molar-refractivity contribution in [3.05, 3.63) is 101 Å². The third-order valence-electron chi connectivity index (χ3n) is 6.68. The van der Waals surface area contributed by atoms with Gasteiger partial charge >= 0.3 is 5.97 Å². The summed E-state index contributed by atoms with van der Waals surface area (Å²) in [4.78, 5) is 53.9. The minimum Gasteiger partial charge on any atom is -0.489 e. The van der Waals surface area contributed by atoms with Gasteiger partial charge in [-0.25, -0.2) is 4.79 Å². The number of alkyl halides is 2. The topological polar surface area (TPSA) is 93.2 Å². The van der Waals surface area contributed by atoms with E-state index in [4.69, 9.17) is 32.7 Å². The molecule has 0 unspecified atom stereocenters. The summed E-state index contributed by atoms with van der Waals surface area (Å²) >= 11 is 9.53. The number of cyclic esters (lactones) is 1. The predicted octanol–water partition coefficient (Wildman–Crippen LogP) is 4.16. The molecule has 38 heavy (non-hydrogen) atoms. The third-order valence-corrected chi connectivity index (χ3v) is 6.68. The van der Waals surface area contributed by atoms with Crippen LogP contribution in [0.5, 0.6) is 5.75 Å². The standard InChI is InChI=1S/C27H20N2O6.CH2Cl2/c30-24-19-8-4-5-9-20(19)25(31)29(24)22-23-27(33)35-15-21(28(23)26(22)32)17-10-12-18(13-11-17)34-14-16-6-2-1-3-7-16;2-1-3/h1-13,21-23H,14-15H2;1H2/t21-,22+,23+;/m0./s1. The molecule has 0 spiro atoms. The molecule has 0 aromatic heterocycles. The summed E-state index contributed by atoms with van der Waals surface area (Å²) < 4.78 is 11.2. The average molecular weight is 553 g/mol. The summed E-state index contributed by atoms with van der Waals surface area (Å²) in [6.45, 7) is 0.427. The van der Waals surface area contributed by atoms with Crippen LogP contribution in [-0.2, 0) is 20.9 Å². The average Bonchev–Trinajstić information content (AvgIpc) is 3.19. The highest BCUT2D eigenvalue weighted by Crippen LogP contribution is 2.41. The quantitative estimate of drug-likeness (QED) is 0.204. The first-order valence-electron chi connectivity index (χ1n) is 11.8. The summed E-state index contributed by atoms with van der Waals surface area (Å²) in [5.41, 5.74) is 2.28. The molecule has 194 valence electrons. The van der Waals surface area contributed by atoms with E-state index >= 15 is 0 Å². The van der Waals surface area contributed by atoms with Crippen molar-refractivity contribution in [1.82, 2.24) is 9.80 Å². The molecule has 0 saturated carbocycles. The summed E-state index contributed by atoms with van der Waals surface area (Å²) in [6, 6.07) is 20.7. The van der Waals surface area contributed by atoms with Crippen molar-refractivity contribution >= 4 is 46.9 Å². The van der Waals surface area contributed by atoms with Gasteiger partial charge in [-0.3, -0.25) is 19.3 Å². The van der Waals surface area contributed by atoms with E-state index in [1.54, 1.807) is 36.4 Å². The first-order chi connectivity index (χ1) is 18.5. The second kappa shape index (κ2) is 10.8. The third kappa shape index (κ3) is 4.50. The Morgan fingerprint density at radius 3 is 1.97 bits per heavy atom. The van der Waals surface area contributed by atoms with Crippen LogP contribution >= 0.6 is 23.2 Å². The molecular formula is C28H22Cl2N2O6. The fraction of sp³-hybridized carbons (Fsp3) is 0.214.